The zero-order valence-electron chi connectivity index (χ0n) is 17.8. The fourth-order valence-electron chi connectivity index (χ4n) is 4.11. The number of piperidine rings is 1. The molecule has 3 heterocycles. The van der Waals surface area contributed by atoms with Gasteiger partial charge in [0.1, 0.15) is 11.4 Å². The Hall–Kier alpha value is -2.44. The van der Waals surface area contributed by atoms with Crippen molar-refractivity contribution < 1.29 is 4.79 Å². The SMILES string of the molecule is Cc1cccc(-n2nc(-c3cccs3)cc2C(=O)NCCCN2CCCCC2C)c1. The van der Waals surface area contributed by atoms with Crippen LogP contribution in [0.5, 0.6) is 0 Å². The maximum atomic E-state index is 13.0. The minimum absolute atomic E-state index is 0.0708. The van der Waals surface area contributed by atoms with Crippen LogP contribution in [0.3, 0.4) is 0 Å². The fourth-order valence-corrected chi connectivity index (χ4v) is 4.79. The van der Waals surface area contributed by atoms with Gasteiger partial charge in [-0.1, -0.05) is 24.6 Å². The number of carbonyl (C=O) groups is 1. The van der Waals surface area contributed by atoms with Crippen molar-refractivity contribution in [3.8, 4) is 16.3 Å². The third-order valence-electron chi connectivity index (χ3n) is 5.81. The van der Waals surface area contributed by atoms with E-state index in [0.717, 1.165) is 34.8 Å². The first-order valence-corrected chi connectivity index (χ1v) is 11.7. The summed E-state index contributed by atoms with van der Waals surface area (Å²) in [6.45, 7) is 7.26. The van der Waals surface area contributed by atoms with E-state index < -0.39 is 0 Å². The monoisotopic (exact) mass is 422 g/mol. The summed E-state index contributed by atoms with van der Waals surface area (Å²) >= 11 is 1.63. The molecule has 0 spiro atoms. The number of benzene rings is 1. The van der Waals surface area contributed by atoms with Crippen molar-refractivity contribution in [2.24, 2.45) is 0 Å². The van der Waals surface area contributed by atoms with Crippen molar-refractivity contribution in [1.29, 1.82) is 0 Å². The summed E-state index contributed by atoms with van der Waals surface area (Å²) in [6.07, 6.45) is 4.88. The second kappa shape index (κ2) is 9.58. The average molecular weight is 423 g/mol. The second-order valence-corrected chi connectivity index (χ2v) is 9.08. The van der Waals surface area contributed by atoms with Crippen LogP contribution in [0.25, 0.3) is 16.3 Å². The molecule has 158 valence electrons. The number of hydrogen-bond acceptors (Lipinski definition) is 4. The lowest BCUT2D eigenvalue weighted by molar-refractivity contribution is 0.0941. The predicted octanol–water partition coefficient (Wildman–Crippen LogP) is 4.90. The van der Waals surface area contributed by atoms with E-state index in [9.17, 15) is 4.79 Å². The Labute approximate surface area is 182 Å². The Morgan fingerprint density at radius 1 is 1.23 bits per heavy atom. The van der Waals surface area contributed by atoms with Crippen LogP contribution in [-0.2, 0) is 0 Å². The number of aromatic nitrogens is 2. The normalized spacial score (nSPS) is 17.2. The van der Waals surface area contributed by atoms with Gasteiger partial charge in [-0.3, -0.25) is 4.79 Å². The Morgan fingerprint density at radius 2 is 2.13 bits per heavy atom. The molecule has 0 radical (unpaired) electrons. The highest BCUT2D eigenvalue weighted by atomic mass is 32.1. The summed E-state index contributed by atoms with van der Waals surface area (Å²) in [6, 6.07) is 14.7. The van der Waals surface area contributed by atoms with Crippen molar-refractivity contribution in [3.05, 3.63) is 59.1 Å². The third-order valence-corrected chi connectivity index (χ3v) is 6.70. The van der Waals surface area contributed by atoms with Gasteiger partial charge in [-0.15, -0.1) is 11.3 Å². The quantitative estimate of drug-likeness (QED) is 0.551. The van der Waals surface area contributed by atoms with E-state index in [4.69, 9.17) is 5.10 Å². The topological polar surface area (TPSA) is 50.2 Å². The van der Waals surface area contributed by atoms with Gasteiger partial charge in [0.25, 0.3) is 5.91 Å². The minimum Gasteiger partial charge on any atom is -0.351 e. The van der Waals surface area contributed by atoms with E-state index in [0.29, 0.717) is 18.3 Å². The number of hydrogen-bond donors (Lipinski definition) is 1. The second-order valence-electron chi connectivity index (χ2n) is 8.13. The highest BCUT2D eigenvalue weighted by molar-refractivity contribution is 7.13. The van der Waals surface area contributed by atoms with Crippen molar-refractivity contribution >= 4 is 17.2 Å². The first-order chi connectivity index (χ1) is 14.6. The molecule has 1 N–H and O–H groups in total. The van der Waals surface area contributed by atoms with Gasteiger partial charge in [0, 0.05) is 19.1 Å². The van der Waals surface area contributed by atoms with Crippen LogP contribution < -0.4 is 5.32 Å². The highest BCUT2D eigenvalue weighted by Crippen LogP contribution is 2.26. The molecule has 1 atom stereocenters. The van der Waals surface area contributed by atoms with Crippen LogP contribution in [0.1, 0.15) is 48.7 Å². The van der Waals surface area contributed by atoms with E-state index in [1.807, 2.05) is 35.7 Å². The molecular formula is C24H30N4OS. The van der Waals surface area contributed by atoms with E-state index in [1.165, 1.54) is 25.8 Å². The van der Waals surface area contributed by atoms with Gasteiger partial charge < -0.3 is 10.2 Å². The summed E-state index contributed by atoms with van der Waals surface area (Å²) in [7, 11) is 0. The number of thiophene rings is 1. The maximum absolute atomic E-state index is 13.0. The molecule has 1 saturated heterocycles. The van der Waals surface area contributed by atoms with E-state index in [-0.39, 0.29) is 5.91 Å². The Kier molecular flexibility index (Phi) is 6.65. The molecule has 4 rings (SSSR count). The molecule has 5 nitrogen and oxygen atoms in total. The molecule has 1 unspecified atom stereocenters. The van der Waals surface area contributed by atoms with Gasteiger partial charge in [-0.25, -0.2) is 4.68 Å². The summed E-state index contributed by atoms with van der Waals surface area (Å²) < 4.78 is 1.77. The number of aryl methyl sites for hydroxylation is 1. The molecule has 3 aromatic rings. The number of amides is 1. The Morgan fingerprint density at radius 3 is 2.90 bits per heavy atom. The van der Waals surface area contributed by atoms with Crippen LogP contribution in [0.15, 0.2) is 47.8 Å². The number of carbonyl (C=O) groups excluding carboxylic acids is 1. The Balaban J connectivity index is 1.47. The molecule has 0 bridgehead atoms. The summed E-state index contributed by atoms with van der Waals surface area (Å²) in [4.78, 5) is 16.6. The lowest BCUT2D eigenvalue weighted by Gasteiger charge is -2.33. The molecule has 1 amide bonds. The zero-order valence-corrected chi connectivity index (χ0v) is 18.6. The summed E-state index contributed by atoms with van der Waals surface area (Å²) in [5.74, 6) is -0.0708. The average Bonchev–Trinajstić information content (AvgIpc) is 3.42. The van der Waals surface area contributed by atoms with Gasteiger partial charge in [0.05, 0.1) is 10.6 Å². The number of rotatable bonds is 7. The highest BCUT2D eigenvalue weighted by Gasteiger charge is 2.19. The molecule has 0 saturated carbocycles. The summed E-state index contributed by atoms with van der Waals surface area (Å²) in [5.41, 5.74) is 3.46. The lowest BCUT2D eigenvalue weighted by atomic mass is 10.0. The smallest absolute Gasteiger partial charge is 0.270 e. The molecule has 2 aromatic heterocycles. The van der Waals surface area contributed by atoms with E-state index in [1.54, 1.807) is 16.0 Å². The first-order valence-electron chi connectivity index (χ1n) is 10.8. The molecule has 1 aliphatic heterocycles. The van der Waals surface area contributed by atoms with E-state index >= 15 is 0 Å². The summed E-state index contributed by atoms with van der Waals surface area (Å²) in [5, 5.41) is 9.90. The molecule has 6 heteroatoms. The molecule has 1 aromatic carbocycles. The van der Waals surface area contributed by atoms with Gasteiger partial charge in [0.15, 0.2) is 0 Å². The third kappa shape index (κ3) is 4.82. The predicted molar refractivity (Wildman–Crippen MR) is 123 cm³/mol. The molecular weight excluding hydrogens is 392 g/mol. The number of nitrogens with one attached hydrogen (secondary N) is 1. The maximum Gasteiger partial charge on any atom is 0.270 e. The minimum atomic E-state index is -0.0708. The fraction of sp³-hybridized carbons (Fsp3) is 0.417. The van der Waals surface area contributed by atoms with Gasteiger partial charge >= 0.3 is 0 Å². The van der Waals surface area contributed by atoms with Gasteiger partial charge in [-0.05, 0) is 74.9 Å². The lowest BCUT2D eigenvalue weighted by Crippen LogP contribution is -2.39. The van der Waals surface area contributed by atoms with Crippen molar-refractivity contribution in [2.45, 2.75) is 45.6 Å². The Bertz CT molecular complexity index is 979. The first kappa shape index (κ1) is 20.8. The van der Waals surface area contributed by atoms with Crippen molar-refractivity contribution in [1.82, 2.24) is 20.0 Å². The van der Waals surface area contributed by atoms with Crippen LogP contribution in [-0.4, -0.2) is 46.3 Å². The number of nitrogens with zero attached hydrogens (tertiary/aromatic N) is 3. The van der Waals surface area contributed by atoms with Crippen LogP contribution in [0.4, 0.5) is 0 Å². The van der Waals surface area contributed by atoms with Crippen molar-refractivity contribution in [3.63, 3.8) is 0 Å². The standard InChI is InChI=1S/C24H30N4OS/c1-18-8-5-10-20(16-18)28-22(17-21(26-28)23-11-6-15-30-23)24(29)25-12-7-14-27-13-4-3-9-19(27)2/h5-6,8,10-11,15-17,19H,3-4,7,9,12-14H2,1-2H3,(H,25,29). The van der Waals surface area contributed by atoms with Gasteiger partial charge in [-0.2, -0.15) is 5.10 Å². The largest absolute Gasteiger partial charge is 0.351 e. The number of likely N-dealkylation sites (tertiary alicyclic amines) is 1. The van der Waals surface area contributed by atoms with Crippen LogP contribution in [0, 0.1) is 6.92 Å². The zero-order chi connectivity index (χ0) is 20.9. The van der Waals surface area contributed by atoms with E-state index in [2.05, 4.69) is 36.2 Å². The van der Waals surface area contributed by atoms with Crippen LogP contribution in [0.2, 0.25) is 0 Å². The molecule has 1 aliphatic rings. The van der Waals surface area contributed by atoms with Gasteiger partial charge in [0.2, 0.25) is 0 Å². The molecule has 1 fully saturated rings. The molecule has 0 aliphatic carbocycles. The van der Waals surface area contributed by atoms with Crippen molar-refractivity contribution in [2.75, 3.05) is 19.6 Å². The molecule has 30 heavy (non-hydrogen) atoms. The van der Waals surface area contributed by atoms with Crippen LogP contribution >= 0.6 is 11.3 Å².